The molecule has 0 aliphatic carbocycles. The molecular formula is C19H16F3NO. The van der Waals surface area contributed by atoms with Gasteiger partial charge in [-0.15, -0.1) is 0 Å². The van der Waals surface area contributed by atoms with Gasteiger partial charge in [-0.3, -0.25) is 0 Å². The molecule has 3 rings (SSSR count). The number of aliphatic hydroxyl groups is 1. The van der Waals surface area contributed by atoms with Gasteiger partial charge in [0.1, 0.15) is 0 Å². The van der Waals surface area contributed by atoms with Crippen molar-refractivity contribution in [1.82, 2.24) is 4.98 Å². The number of halogens is 3. The molecule has 2 aromatic carbocycles. The second-order valence-corrected chi connectivity index (χ2v) is 5.59. The molecule has 1 N–H and O–H groups in total. The number of pyridine rings is 1. The molecule has 1 heterocycles. The lowest BCUT2D eigenvalue weighted by Crippen LogP contribution is -2.05. The Labute approximate surface area is 137 Å². The van der Waals surface area contributed by atoms with Gasteiger partial charge in [-0.1, -0.05) is 30.3 Å². The molecule has 0 spiro atoms. The lowest BCUT2D eigenvalue weighted by molar-refractivity contribution is -0.137. The minimum Gasteiger partial charge on any atom is -0.396 e. The number of rotatable bonds is 4. The van der Waals surface area contributed by atoms with E-state index in [1.54, 1.807) is 6.07 Å². The van der Waals surface area contributed by atoms with Crippen LogP contribution in [0.3, 0.4) is 0 Å². The standard InChI is InChI=1S/C19H16F3NO/c20-19(21,22)16-8-9-17-15(12-16)11-14(7-4-10-24)18(23-17)13-5-2-1-3-6-13/h1-3,5-6,8-9,11-12,24H,4,7,10H2. The predicted molar refractivity (Wildman–Crippen MR) is 87.6 cm³/mol. The first kappa shape index (κ1) is 16.5. The summed E-state index contributed by atoms with van der Waals surface area (Å²) >= 11 is 0. The van der Waals surface area contributed by atoms with E-state index in [9.17, 15) is 13.2 Å². The molecule has 0 saturated carbocycles. The van der Waals surface area contributed by atoms with Gasteiger partial charge in [0, 0.05) is 17.6 Å². The topological polar surface area (TPSA) is 33.1 Å². The van der Waals surface area contributed by atoms with Gasteiger partial charge in [-0.2, -0.15) is 13.2 Å². The molecule has 0 atom stereocenters. The predicted octanol–water partition coefficient (Wildman–Crippen LogP) is 4.85. The van der Waals surface area contributed by atoms with E-state index in [1.165, 1.54) is 6.07 Å². The van der Waals surface area contributed by atoms with Gasteiger partial charge in [0.2, 0.25) is 0 Å². The third-order valence-corrected chi connectivity index (χ3v) is 3.87. The lowest BCUT2D eigenvalue weighted by Gasteiger charge is -2.12. The maximum Gasteiger partial charge on any atom is 0.416 e. The van der Waals surface area contributed by atoms with Crippen LogP contribution in [0.1, 0.15) is 17.5 Å². The van der Waals surface area contributed by atoms with Crippen molar-refractivity contribution in [2.75, 3.05) is 6.61 Å². The summed E-state index contributed by atoms with van der Waals surface area (Å²) in [6.07, 6.45) is -3.29. The van der Waals surface area contributed by atoms with Gasteiger partial charge in [0.15, 0.2) is 0 Å². The third kappa shape index (κ3) is 3.41. The zero-order valence-electron chi connectivity index (χ0n) is 12.8. The Morgan fingerprint density at radius 1 is 0.958 bits per heavy atom. The van der Waals surface area contributed by atoms with Crippen molar-refractivity contribution in [3.63, 3.8) is 0 Å². The van der Waals surface area contributed by atoms with E-state index in [0.29, 0.717) is 23.7 Å². The monoisotopic (exact) mass is 331 g/mol. The summed E-state index contributed by atoms with van der Waals surface area (Å²) in [6, 6.07) is 14.8. The van der Waals surface area contributed by atoms with Crippen molar-refractivity contribution in [2.24, 2.45) is 0 Å². The molecule has 0 unspecified atom stereocenters. The van der Waals surface area contributed by atoms with Crippen LogP contribution in [0.4, 0.5) is 13.2 Å². The Kier molecular flexibility index (Phi) is 4.53. The largest absolute Gasteiger partial charge is 0.416 e. The highest BCUT2D eigenvalue weighted by Gasteiger charge is 2.30. The Morgan fingerprint density at radius 3 is 2.38 bits per heavy atom. The fraction of sp³-hybridized carbons (Fsp3) is 0.211. The van der Waals surface area contributed by atoms with Gasteiger partial charge in [-0.25, -0.2) is 4.98 Å². The molecule has 3 aromatic rings. The summed E-state index contributed by atoms with van der Waals surface area (Å²) in [5, 5.41) is 9.54. The van der Waals surface area contributed by atoms with Crippen LogP contribution in [0, 0.1) is 0 Å². The summed E-state index contributed by atoms with van der Waals surface area (Å²) in [5.41, 5.74) is 2.33. The normalized spacial score (nSPS) is 11.8. The van der Waals surface area contributed by atoms with E-state index >= 15 is 0 Å². The van der Waals surface area contributed by atoms with Crippen LogP contribution in [0.15, 0.2) is 54.6 Å². The van der Waals surface area contributed by atoms with Crippen molar-refractivity contribution in [2.45, 2.75) is 19.0 Å². The first-order valence-corrected chi connectivity index (χ1v) is 7.66. The number of alkyl halides is 3. The van der Waals surface area contributed by atoms with Crippen LogP contribution in [0.25, 0.3) is 22.2 Å². The lowest BCUT2D eigenvalue weighted by atomic mass is 9.99. The van der Waals surface area contributed by atoms with Crippen LogP contribution in [0.5, 0.6) is 0 Å². The summed E-state index contributed by atoms with van der Waals surface area (Å²) in [4.78, 5) is 4.57. The van der Waals surface area contributed by atoms with Crippen LogP contribution < -0.4 is 0 Å². The molecule has 2 nitrogen and oxygen atoms in total. The Bertz CT molecular complexity index is 844. The second-order valence-electron chi connectivity index (χ2n) is 5.59. The first-order chi connectivity index (χ1) is 11.5. The van der Waals surface area contributed by atoms with Gasteiger partial charge < -0.3 is 5.11 Å². The highest BCUT2D eigenvalue weighted by Crippen LogP contribution is 2.33. The average molecular weight is 331 g/mol. The number of fused-ring (bicyclic) bond motifs is 1. The molecule has 24 heavy (non-hydrogen) atoms. The van der Waals surface area contributed by atoms with E-state index in [4.69, 9.17) is 5.11 Å². The minimum absolute atomic E-state index is 0.0227. The highest BCUT2D eigenvalue weighted by molar-refractivity contribution is 5.84. The molecule has 0 aliphatic heterocycles. The number of aliphatic hydroxyl groups excluding tert-OH is 1. The van der Waals surface area contributed by atoms with E-state index in [0.717, 1.165) is 29.0 Å². The molecule has 124 valence electrons. The Morgan fingerprint density at radius 2 is 1.71 bits per heavy atom. The molecule has 0 bridgehead atoms. The van der Waals surface area contributed by atoms with Crippen LogP contribution in [-0.4, -0.2) is 16.7 Å². The van der Waals surface area contributed by atoms with Crippen LogP contribution >= 0.6 is 0 Å². The van der Waals surface area contributed by atoms with E-state index in [1.807, 2.05) is 30.3 Å². The number of hydrogen-bond donors (Lipinski definition) is 1. The average Bonchev–Trinajstić information content (AvgIpc) is 2.58. The first-order valence-electron chi connectivity index (χ1n) is 7.66. The fourth-order valence-corrected chi connectivity index (χ4v) is 2.70. The van der Waals surface area contributed by atoms with Crippen molar-refractivity contribution < 1.29 is 18.3 Å². The van der Waals surface area contributed by atoms with Gasteiger partial charge in [0.05, 0.1) is 16.8 Å². The number of benzene rings is 2. The molecule has 0 aliphatic rings. The van der Waals surface area contributed by atoms with Crippen LogP contribution in [0.2, 0.25) is 0 Å². The second kappa shape index (κ2) is 6.61. The summed E-state index contributed by atoms with van der Waals surface area (Å²) in [5.74, 6) is 0. The fourth-order valence-electron chi connectivity index (χ4n) is 2.70. The number of aryl methyl sites for hydroxylation is 1. The molecule has 0 saturated heterocycles. The minimum atomic E-state index is -4.38. The van der Waals surface area contributed by atoms with E-state index in [2.05, 4.69) is 4.98 Å². The molecular weight excluding hydrogens is 315 g/mol. The van der Waals surface area contributed by atoms with E-state index in [-0.39, 0.29) is 6.61 Å². The van der Waals surface area contributed by atoms with Crippen molar-refractivity contribution in [3.8, 4) is 11.3 Å². The third-order valence-electron chi connectivity index (χ3n) is 3.87. The molecule has 0 fully saturated rings. The quantitative estimate of drug-likeness (QED) is 0.742. The maximum absolute atomic E-state index is 12.9. The summed E-state index contributed by atoms with van der Waals surface area (Å²) in [6.45, 7) is 0.0227. The van der Waals surface area contributed by atoms with Gasteiger partial charge in [-0.05, 0) is 42.7 Å². The van der Waals surface area contributed by atoms with Gasteiger partial charge >= 0.3 is 6.18 Å². The van der Waals surface area contributed by atoms with Crippen molar-refractivity contribution in [1.29, 1.82) is 0 Å². The number of aromatic nitrogens is 1. The number of hydrogen-bond acceptors (Lipinski definition) is 2. The Balaban J connectivity index is 2.16. The maximum atomic E-state index is 12.9. The smallest absolute Gasteiger partial charge is 0.396 e. The highest BCUT2D eigenvalue weighted by atomic mass is 19.4. The Hall–Kier alpha value is -2.40. The van der Waals surface area contributed by atoms with E-state index < -0.39 is 11.7 Å². The summed E-state index contributed by atoms with van der Waals surface area (Å²) in [7, 11) is 0. The molecule has 1 aromatic heterocycles. The SMILES string of the molecule is OCCCc1cc2cc(C(F)(F)F)ccc2nc1-c1ccccc1. The van der Waals surface area contributed by atoms with Gasteiger partial charge in [0.25, 0.3) is 0 Å². The summed E-state index contributed by atoms with van der Waals surface area (Å²) < 4.78 is 38.7. The van der Waals surface area contributed by atoms with Crippen molar-refractivity contribution in [3.05, 3.63) is 65.7 Å². The zero-order chi connectivity index (χ0) is 17.2. The van der Waals surface area contributed by atoms with Crippen LogP contribution in [-0.2, 0) is 12.6 Å². The van der Waals surface area contributed by atoms with Crippen molar-refractivity contribution >= 4 is 10.9 Å². The molecule has 0 amide bonds. The zero-order valence-corrected chi connectivity index (χ0v) is 12.8. The molecule has 0 radical (unpaired) electrons. The number of nitrogens with zero attached hydrogens (tertiary/aromatic N) is 1. The molecule has 5 heteroatoms.